The summed E-state index contributed by atoms with van der Waals surface area (Å²) < 4.78 is 16.9. The van der Waals surface area contributed by atoms with E-state index in [0.29, 0.717) is 16.5 Å². The van der Waals surface area contributed by atoms with E-state index in [4.69, 9.17) is 14.2 Å². The van der Waals surface area contributed by atoms with E-state index in [0.717, 1.165) is 0 Å². The van der Waals surface area contributed by atoms with Crippen molar-refractivity contribution in [1.82, 2.24) is 5.32 Å². The third-order valence-electron chi connectivity index (χ3n) is 5.18. The highest BCUT2D eigenvalue weighted by atomic mass is 16.7. The zero-order valence-corrected chi connectivity index (χ0v) is 17.8. The first kappa shape index (κ1) is 24.2. The number of nitrogens with one attached hydrogen (secondary N) is 1. The minimum atomic E-state index is -1.80. The maximum Gasteiger partial charge on any atom is 0.335 e. The van der Waals surface area contributed by atoms with Gasteiger partial charge in [0.05, 0.1) is 0 Å². The van der Waals surface area contributed by atoms with Crippen LogP contribution in [-0.4, -0.2) is 87.5 Å². The van der Waals surface area contributed by atoms with Crippen LogP contribution < -0.4 is 10.1 Å². The summed E-state index contributed by atoms with van der Waals surface area (Å²) in [6.45, 7) is 4.13. The Labute approximate surface area is 185 Å². The molecule has 0 amide bonds. The number of phenols is 1. The molecular formula is C22H29NO9. The number of aliphatic hydroxyl groups excluding tert-OH is 3. The van der Waals surface area contributed by atoms with Crippen LogP contribution in [0.2, 0.25) is 0 Å². The highest BCUT2D eigenvalue weighted by Crippen LogP contribution is 2.32. The van der Waals surface area contributed by atoms with Crippen molar-refractivity contribution in [3.63, 3.8) is 0 Å². The second-order valence-corrected chi connectivity index (χ2v) is 8.00. The molecule has 3 rings (SSSR count). The molecule has 0 bridgehead atoms. The van der Waals surface area contributed by atoms with E-state index in [1.165, 1.54) is 6.07 Å². The number of benzene rings is 2. The van der Waals surface area contributed by atoms with Crippen molar-refractivity contribution in [3.8, 4) is 11.5 Å². The fourth-order valence-electron chi connectivity index (χ4n) is 3.43. The van der Waals surface area contributed by atoms with Gasteiger partial charge >= 0.3 is 5.97 Å². The van der Waals surface area contributed by atoms with E-state index >= 15 is 0 Å². The molecule has 0 radical (unpaired) electrons. The molecule has 1 aliphatic heterocycles. The number of aromatic hydroxyl groups is 1. The molecule has 6 atom stereocenters. The van der Waals surface area contributed by atoms with Gasteiger partial charge in [-0.3, -0.25) is 0 Å². The van der Waals surface area contributed by atoms with Gasteiger partial charge in [0.2, 0.25) is 0 Å². The number of hydrogen-bond donors (Lipinski definition) is 6. The Hall–Kier alpha value is -2.47. The lowest BCUT2D eigenvalue weighted by atomic mass is 9.99. The van der Waals surface area contributed by atoms with Gasteiger partial charge in [-0.05, 0) is 12.1 Å². The van der Waals surface area contributed by atoms with E-state index < -0.39 is 42.8 Å². The fourth-order valence-corrected chi connectivity index (χ4v) is 3.43. The van der Waals surface area contributed by atoms with E-state index in [1.54, 1.807) is 24.3 Å². The summed E-state index contributed by atoms with van der Waals surface area (Å²) in [5.74, 6) is -0.866. The van der Waals surface area contributed by atoms with Gasteiger partial charge in [0.15, 0.2) is 12.4 Å². The first-order chi connectivity index (χ1) is 15.2. The average Bonchev–Trinajstić information content (AvgIpc) is 2.76. The molecule has 1 saturated heterocycles. The summed E-state index contributed by atoms with van der Waals surface area (Å²) in [6, 6.07) is 10.4. The Morgan fingerprint density at radius 1 is 1.06 bits per heavy atom. The van der Waals surface area contributed by atoms with Gasteiger partial charge in [0, 0.05) is 23.4 Å². The van der Waals surface area contributed by atoms with Crippen LogP contribution in [0.25, 0.3) is 10.8 Å². The number of carbonyl (C=O) groups is 1. The molecule has 32 heavy (non-hydrogen) atoms. The average molecular weight is 451 g/mol. The molecule has 10 heteroatoms. The van der Waals surface area contributed by atoms with Gasteiger partial charge in [-0.25, -0.2) is 4.79 Å². The van der Waals surface area contributed by atoms with Gasteiger partial charge in [-0.15, -0.1) is 0 Å². The standard InChI is InChI=1S/C22H29NO9/c1-11(2)23-9-12(31-22-19(27)17(25)18(26)20(32-22)21(28)29)10-30-16-8-7-15(24)13-5-3-4-6-14(13)16/h3-8,11-12,17-20,22-27H,9-10H2,1-2H3,(H,28,29)/t12-,17+,18+,19-,20+,22-/m1/s1. The molecular weight excluding hydrogens is 422 g/mol. The second kappa shape index (κ2) is 10.4. The molecule has 0 saturated carbocycles. The molecule has 6 N–H and O–H groups in total. The summed E-state index contributed by atoms with van der Waals surface area (Å²) in [5.41, 5.74) is 0. The third kappa shape index (κ3) is 5.47. The summed E-state index contributed by atoms with van der Waals surface area (Å²) in [4.78, 5) is 11.3. The number of rotatable bonds is 9. The van der Waals surface area contributed by atoms with Crippen LogP contribution in [0.15, 0.2) is 36.4 Å². The third-order valence-corrected chi connectivity index (χ3v) is 5.18. The molecule has 0 spiro atoms. The van der Waals surface area contributed by atoms with Crippen LogP contribution >= 0.6 is 0 Å². The molecule has 0 aliphatic carbocycles. The van der Waals surface area contributed by atoms with Gasteiger partial charge < -0.3 is 45.1 Å². The maximum atomic E-state index is 11.3. The minimum absolute atomic E-state index is 0.00252. The SMILES string of the molecule is CC(C)NC[C@H](COc1ccc(O)c2ccccc12)O[C@@H]1O[C@H](C(=O)O)[C@@H](O)[C@H](O)[C@H]1O. The highest BCUT2D eigenvalue weighted by Gasteiger charge is 2.48. The Morgan fingerprint density at radius 2 is 1.75 bits per heavy atom. The lowest BCUT2D eigenvalue weighted by Crippen LogP contribution is -2.61. The van der Waals surface area contributed by atoms with Crippen LogP contribution in [0.1, 0.15) is 13.8 Å². The van der Waals surface area contributed by atoms with Crippen LogP contribution in [0.5, 0.6) is 11.5 Å². The van der Waals surface area contributed by atoms with E-state index in [-0.39, 0.29) is 24.9 Å². The maximum absolute atomic E-state index is 11.3. The monoisotopic (exact) mass is 451 g/mol. The number of fused-ring (bicyclic) bond motifs is 1. The Morgan fingerprint density at radius 3 is 2.41 bits per heavy atom. The molecule has 2 aromatic carbocycles. The topological polar surface area (TPSA) is 158 Å². The van der Waals surface area contributed by atoms with Crippen molar-refractivity contribution in [2.24, 2.45) is 0 Å². The van der Waals surface area contributed by atoms with Crippen LogP contribution in [0.3, 0.4) is 0 Å². The predicted molar refractivity (Wildman–Crippen MR) is 113 cm³/mol. The van der Waals surface area contributed by atoms with E-state index in [9.17, 15) is 30.3 Å². The number of aliphatic carboxylic acids is 1. The number of hydrogen-bond acceptors (Lipinski definition) is 9. The molecule has 0 aromatic heterocycles. The smallest absolute Gasteiger partial charge is 0.335 e. The molecule has 10 nitrogen and oxygen atoms in total. The number of carboxylic acid groups (broad SMARTS) is 1. The largest absolute Gasteiger partial charge is 0.507 e. The van der Waals surface area contributed by atoms with Crippen molar-refractivity contribution in [2.45, 2.75) is 56.7 Å². The zero-order valence-electron chi connectivity index (χ0n) is 17.8. The lowest BCUT2D eigenvalue weighted by Gasteiger charge is -2.39. The van der Waals surface area contributed by atoms with Crippen molar-refractivity contribution >= 4 is 16.7 Å². The highest BCUT2D eigenvalue weighted by molar-refractivity contribution is 5.92. The second-order valence-electron chi connectivity index (χ2n) is 8.00. The molecule has 0 unspecified atom stereocenters. The Kier molecular flexibility index (Phi) is 7.88. The number of ether oxygens (including phenoxy) is 3. The van der Waals surface area contributed by atoms with Gasteiger partial charge in [-0.1, -0.05) is 38.1 Å². The fraction of sp³-hybridized carbons (Fsp3) is 0.500. The molecule has 1 fully saturated rings. The molecule has 1 aliphatic rings. The first-order valence-electron chi connectivity index (χ1n) is 10.3. The quantitative estimate of drug-likeness (QED) is 0.311. The van der Waals surface area contributed by atoms with Crippen molar-refractivity contribution in [1.29, 1.82) is 0 Å². The normalized spacial score (nSPS) is 26.9. The van der Waals surface area contributed by atoms with Crippen LogP contribution in [0.4, 0.5) is 0 Å². The summed E-state index contributed by atoms with van der Waals surface area (Å²) >= 11 is 0. The Balaban J connectivity index is 1.75. The van der Waals surface area contributed by atoms with Crippen LogP contribution in [-0.2, 0) is 14.3 Å². The lowest BCUT2D eigenvalue weighted by molar-refractivity contribution is -0.305. The minimum Gasteiger partial charge on any atom is -0.507 e. The van der Waals surface area contributed by atoms with Gasteiger partial charge in [-0.2, -0.15) is 0 Å². The zero-order chi connectivity index (χ0) is 23.4. The van der Waals surface area contributed by atoms with Crippen molar-refractivity contribution in [2.75, 3.05) is 13.2 Å². The number of phenolic OH excluding ortho intramolecular Hbond substituents is 1. The van der Waals surface area contributed by atoms with E-state index in [2.05, 4.69) is 5.32 Å². The first-order valence-corrected chi connectivity index (χ1v) is 10.3. The van der Waals surface area contributed by atoms with Gasteiger partial charge in [0.1, 0.15) is 42.5 Å². The number of carboxylic acids is 1. The van der Waals surface area contributed by atoms with Crippen molar-refractivity contribution < 1.29 is 44.5 Å². The number of aliphatic hydroxyl groups is 3. The summed E-state index contributed by atoms with van der Waals surface area (Å²) in [7, 11) is 0. The van der Waals surface area contributed by atoms with Crippen LogP contribution in [0, 0.1) is 0 Å². The molecule has 176 valence electrons. The van der Waals surface area contributed by atoms with Gasteiger partial charge in [0.25, 0.3) is 0 Å². The Bertz CT molecular complexity index is 921. The summed E-state index contributed by atoms with van der Waals surface area (Å²) in [5, 5.41) is 53.9. The molecule has 1 heterocycles. The van der Waals surface area contributed by atoms with E-state index in [1.807, 2.05) is 19.9 Å². The predicted octanol–water partition coefficient (Wildman–Crippen LogP) is 0.200. The summed E-state index contributed by atoms with van der Waals surface area (Å²) in [6.07, 6.45) is -9.16. The molecule has 2 aromatic rings. The van der Waals surface area contributed by atoms with Crippen molar-refractivity contribution in [3.05, 3.63) is 36.4 Å².